The van der Waals surface area contributed by atoms with Gasteiger partial charge < -0.3 is 20.5 Å². The van der Waals surface area contributed by atoms with Gasteiger partial charge in [-0.3, -0.25) is 4.79 Å². The summed E-state index contributed by atoms with van der Waals surface area (Å²) in [5.41, 5.74) is 5.21. The average Bonchev–Trinajstić information content (AvgIpc) is 2.00. The van der Waals surface area contributed by atoms with E-state index in [9.17, 15) is 9.90 Å². The molecule has 0 bridgehead atoms. The van der Waals surface area contributed by atoms with Gasteiger partial charge in [0.1, 0.15) is 0 Å². The Balaban J connectivity index is 3.99. The average molecular weight is 218 g/mol. The van der Waals surface area contributed by atoms with Gasteiger partial charge in [-0.05, 0) is 13.8 Å². The lowest BCUT2D eigenvalue weighted by molar-refractivity contribution is -0.132. The summed E-state index contributed by atoms with van der Waals surface area (Å²) >= 11 is 0. The zero-order valence-corrected chi connectivity index (χ0v) is 9.99. The van der Waals surface area contributed by atoms with Crippen molar-refractivity contribution >= 4 is 5.91 Å². The lowest BCUT2D eigenvalue weighted by Gasteiger charge is -2.24. The maximum atomic E-state index is 11.6. The van der Waals surface area contributed by atoms with Crippen molar-refractivity contribution in [1.29, 1.82) is 0 Å². The van der Waals surface area contributed by atoms with Crippen LogP contribution in [0.4, 0.5) is 0 Å². The first kappa shape index (κ1) is 14.3. The Morgan fingerprint density at radius 2 is 2.13 bits per heavy atom. The van der Waals surface area contributed by atoms with Crippen LogP contribution in [0.1, 0.15) is 20.3 Å². The van der Waals surface area contributed by atoms with Gasteiger partial charge in [0, 0.05) is 32.7 Å². The Morgan fingerprint density at radius 1 is 1.60 bits per heavy atom. The van der Waals surface area contributed by atoms with Crippen molar-refractivity contribution in [3.05, 3.63) is 0 Å². The van der Waals surface area contributed by atoms with Crippen LogP contribution in [0.25, 0.3) is 0 Å². The van der Waals surface area contributed by atoms with E-state index in [1.807, 2.05) is 0 Å². The lowest BCUT2D eigenvalue weighted by Crippen LogP contribution is -2.42. The molecule has 0 aliphatic carbocycles. The number of nitrogens with zero attached hydrogens (tertiary/aromatic N) is 1. The predicted molar refractivity (Wildman–Crippen MR) is 58.4 cm³/mol. The molecule has 0 aliphatic rings. The zero-order valence-electron chi connectivity index (χ0n) is 9.99. The highest BCUT2D eigenvalue weighted by molar-refractivity contribution is 5.77. The van der Waals surface area contributed by atoms with E-state index in [0.717, 1.165) is 0 Å². The molecule has 0 aromatic carbocycles. The number of amides is 1. The monoisotopic (exact) mass is 218 g/mol. The minimum atomic E-state index is -0.648. The van der Waals surface area contributed by atoms with Gasteiger partial charge in [0.15, 0.2) is 0 Å². The molecule has 1 amide bonds. The minimum absolute atomic E-state index is 0.0716. The Kier molecular flexibility index (Phi) is 5.79. The Hall–Kier alpha value is -0.650. The van der Waals surface area contributed by atoms with E-state index in [1.165, 1.54) is 12.0 Å². The number of carbonyl (C=O) groups is 1. The van der Waals surface area contributed by atoms with Crippen LogP contribution in [0, 0.1) is 0 Å². The van der Waals surface area contributed by atoms with E-state index in [4.69, 9.17) is 10.5 Å². The third-order valence-electron chi connectivity index (χ3n) is 1.88. The minimum Gasteiger partial charge on any atom is -0.389 e. The molecule has 3 N–H and O–H groups in total. The Labute approximate surface area is 91.2 Å². The molecular formula is C10H22N2O3. The fourth-order valence-electron chi connectivity index (χ4n) is 1.19. The molecule has 0 radical (unpaired) electrons. The standard InChI is InChI=1S/C10H22N2O3/c1-10(2,11)5-9(14)12(3)6-8(13)7-15-4/h8,13H,5-7,11H2,1-4H3. The summed E-state index contributed by atoms with van der Waals surface area (Å²) in [6, 6.07) is 0. The van der Waals surface area contributed by atoms with E-state index in [2.05, 4.69) is 0 Å². The van der Waals surface area contributed by atoms with Crippen molar-refractivity contribution in [2.45, 2.75) is 31.9 Å². The van der Waals surface area contributed by atoms with E-state index in [1.54, 1.807) is 20.9 Å². The summed E-state index contributed by atoms with van der Waals surface area (Å²) in [5.74, 6) is -0.0716. The molecule has 90 valence electrons. The fourth-order valence-corrected chi connectivity index (χ4v) is 1.19. The molecule has 5 heteroatoms. The summed E-state index contributed by atoms with van der Waals surface area (Å²) in [7, 11) is 3.15. The number of likely N-dealkylation sites (N-methyl/N-ethyl adjacent to an activating group) is 1. The molecule has 1 unspecified atom stereocenters. The number of aliphatic hydroxyl groups excluding tert-OH is 1. The van der Waals surface area contributed by atoms with E-state index in [0.29, 0.717) is 0 Å². The number of hydrogen-bond donors (Lipinski definition) is 2. The van der Waals surface area contributed by atoms with Gasteiger partial charge >= 0.3 is 0 Å². The number of carbonyl (C=O) groups excluding carboxylic acids is 1. The van der Waals surface area contributed by atoms with Crippen LogP contribution in [-0.2, 0) is 9.53 Å². The van der Waals surface area contributed by atoms with Crippen molar-refractivity contribution in [1.82, 2.24) is 4.90 Å². The van der Waals surface area contributed by atoms with Gasteiger partial charge in [-0.2, -0.15) is 0 Å². The molecule has 0 aromatic heterocycles. The molecule has 0 aliphatic heterocycles. The van der Waals surface area contributed by atoms with Crippen molar-refractivity contribution in [3.8, 4) is 0 Å². The summed E-state index contributed by atoms with van der Waals surface area (Å²) in [4.78, 5) is 13.1. The van der Waals surface area contributed by atoms with Crippen LogP contribution in [0.3, 0.4) is 0 Å². The molecule has 0 fully saturated rings. The Morgan fingerprint density at radius 3 is 2.53 bits per heavy atom. The normalized spacial score (nSPS) is 13.7. The summed E-state index contributed by atoms with van der Waals surface area (Å²) in [6.07, 6.45) is -0.381. The number of hydrogen-bond acceptors (Lipinski definition) is 4. The highest BCUT2D eigenvalue weighted by Gasteiger charge is 2.20. The molecule has 0 spiro atoms. The Bertz CT molecular complexity index is 201. The predicted octanol–water partition coefficient (Wildman–Crippen LogP) is -0.420. The molecule has 0 heterocycles. The number of ether oxygens (including phenoxy) is 1. The molecule has 0 rings (SSSR count). The second kappa shape index (κ2) is 6.05. The van der Waals surface area contributed by atoms with Crippen LogP contribution in [-0.4, -0.2) is 54.9 Å². The van der Waals surface area contributed by atoms with Crippen LogP contribution in [0.15, 0.2) is 0 Å². The van der Waals surface area contributed by atoms with E-state index >= 15 is 0 Å². The summed E-state index contributed by atoms with van der Waals surface area (Å²) in [6.45, 7) is 4.08. The second-order valence-electron chi connectivity index (χ2n) is 4.55. The highest BCUT2D eigenvalue weighted by Crippen LogP contribution is 2.06. The molecule has 5 nitrogen and oxygen atoms in total. The van der Waals surface area contributed by atoms with Gasteiger partial charge in [-0.25, -0.2) is 0 Å². The van der Waals surface area contributed by atoms with Crippen molar-refractivity contribution in [2.24, 2.45) is 5.73 Å². The smallest absolute Gasteiger partial charge is 0.224 e. The summed E-state index contributed by atoms with van der Waals surface area (Å²) < 4.78 is 4.77. The number of nitrogens with two attached hydrogens (primary N) is 1. The van der Waals surface area contributed by atoms with Crippen LogP contribution in [0.5, 0.6) is 0 Å². The maximum absolute atomic E-state index is 11.6. The van der Waals surface area contributed by atoms with Crippen LogP contribution in [0.2, 0.25) is 0 Å². The molecular weight excluding hydrogens is 196 g/mol. The largest absolute Gasteiger partial charge is 0.389 e. The molecule has 0 saturated carbocycles. The first-order chi connectivity index (χ1) is 6.76. The maximum Gasteiger partial charge on any atom is 0.224 e. The van der Waals surface area contributed by atoms with Crippen LogP contribution >= 0.6 is 0 Å². The lowest BCUT2D eigenvalue weighted by atomic mass is 10.0. The molecule has 15 heavy (non-hydrogen) atoms. The van der Waals surface area contributed by atoms with E-state index < -0.39 is 11.6 Å². The molecule has 0 saturated heterocycles. The second-order valence-corrected chi connectivity index (χ2v) is 4.55. The van der Waals surface area contributed by atoms with Crippen molar-refractivity contribution < 1.29 is 14.6 Å². The molecule has 0 aromatic rings. The SMILES string of the molecule is COCC(O)CN(C)C(=O)CC(C)(C)N. The topological polar surface area (TPSA) is 75.8 Å². The van der Waals surface area contributed by atoms with Gasteiger partial charge in [-0.1, -0.05) is 0 Å². The summed E-state index contributed by atoms with van der Waals surface area (Å²) in [5, 5.41) is 9.42. The quantitative estimate of drug-likeness (QED) is 0.635. The molecule has 1 atom stereocenters. The van der Waals surface area contributed by atoms with Gasteiger partial charge in [-0.15, -0.1) is 0 Å². The zero-order chi connectivity index (χ0) is 12.1. The van der Waals surface area contributed by atoms with Crippen molar-refractivity contribution in [3.63, 3.8) is 0 Å². The third-order valence-corrected chi connectivity index (χ3v) is 1.88. The first-order valence-electron chi connectivity index (χ1n) is 4.96. The first-order valence-corrected chi connectivity index (χ1v) is 4.96. The number of rotatable bonds is 6. The van der Waals surface area contributed by atoms with Gasteiger partial charge in [0.05, 0.1) is 12.7 Å². The fraction of sp³-hybridized carbons (Fsp3) is 0.900. The highest BCUT2D eigenvalue weighted by atomic mass is 16.5. The third kappa shape index (κ3) is 7.30. The van der Waals surface area contributed by atoms with Crippen LogP contribution < -0.4 is 5.73 Å². The van der Waals surface area contributed by atoms with Gasteiger partial charge in [0.25, 0.3) is 0 Å². The van der Waals surface area contributed by atoms with Crippen molar-refractivity contribution in [2.75, 3.05) is 27.3 Å². The number of methoxy groups -OCH3 is 1. The van der Waals surface area contributed by atoms with E-state index in [-0.39, 0.29) is 25.5 Å². The number of aliphatic hydroxyl groups is 1. The van der Waals surface area contributed by atoms with Gasteiger partial charge in [0.2, 0.25) is 5.91 Å².